The van der Waals surface area contributed by atoms with Crippen LogP contribution in [0.5, 0.6) is 0 Å². The van der Waals surface area contributed by atoms with Gasteiger partial charge in [-0.15, -0.1) is 0 Å². The molecule has 1 aromatic carbocycles. The van der Waals surface area contributed by atoms with Gasteiger partial charge >= 0.3 is 0 Å². The highest BCUT2D eigenvalue weighted by Crippen LogP contribution is 2.17. The van der Waals surface area contributed by atoms with Crippen LogP contribution in [0.25, 0.3) is 0 Å². The Morgan fingerprint density at radius 1 is 1.15 bits per heavy atom. The number of aromatic nitrogens is 2. The first-order chi connectivity index (χ1) is 9.60. The van der Waals surface area contributed by atoms with E-state index in [1.54, 1.807) is 0 Å². The van der Waals surface area contributed by atoms with Crippen LogP contribution in [-0.4, -0.2) is 16.8 Å². The molecule has 0 radical (unpaired) electrons. The summed E-state index contributed by atoms with van der Waals surface area (Å²) in [4.78, 5) is 0. The highest BCUT2D eigenvalue weighted by atomic mass is 15.3. The van der Waals surface area contributed by atoms with Crippen LogP contribution < -0.4 is 5.32 Å². The van der Waals surface area contributed by atoms with Gasteiger partial charge in [-0.2, -0.15) is 5.10 Å². The molecule has 2 rings (SSSR count). The van der Waals surface area contributed by atoms with E-state index in [0.717, 1.165) is 13.0 Å². The first-order valence-corrected chi connectivity index (χ1v) is 7.34. The molecule has 0 aliphatic carbocycles. The highest BCUT2D eigenvalue weighted by Gasteiger charge is 2.11. The maximum absolute atomic E-state index is 4.36. The maximum Gasteiger partial charge on any atom is 0.0607 e. The van der Waals surface area contributed by atoms with E-state index < -0.39 is 0 Å². The summed E-state index contributed by atoms with van der Waals surface area (Å²) in [6, 6.07) is 11.3. The molecule has 2 aromatic rings. The molecule has 0 amide bonds. The van der Waals surface area contributed by atoms with Crippen molar-refractivity contribution in [1.82, 2.24) is 15.1 Å². The number of aryl methyl sites for hydroxylation is 1. The van der Waals surface area contributed by atoms with Gasteiger partial charge in [0, 0.05) is 11.9 Å². The van der Waals surface area contributed by atoms with Crippen LogP contribution in [0.3, 0.4) is 0 Å². The van der Waals surface area contributed by atoms with Crippen LogP contribution in [0.1, 0.15) is 36.7 Å². The highest BCUT2D eigenvalue weighted by molar-refractivity contribution is 5.25. The Hall–Kier alpha value is -1.61. The number of rotatable bonds is 6. The molecule has 3 heteroatoms. The average Bonchev–Trinajstić information content (AvgIpc) is 2.82. The minimum absolute atomic E-state index is 0.293. The van der Waals surface area contributed by atoms with Gasteiger partial charge in [-0.1, -0.05) is 38.1 Å². The van der Waals surface area contributed by atoms with Crippen LogP contribution >= 0.6 is 0 Å². The molecular formula is C17H25N3. The second kappa shape index (κ2) is 6.71. The molecule has 0 saturated heterocycles. The molecular weight excluding hydrogens is 246 g/mol. The average molecular weight is 271 g/mol. The molecule has 108 valence electrons. The summed E-state index contributed by atoms with van der Waals surface area (Å²) in [5.41, 5.74) is 3.92. The Kier molecular flexibility index (Phi) is 4.96. The summed E-state index contributed by atoms with van der Waals surface area (Å²) in [6.45, 7) is 7.46. The van der Waals surface area contributed by atoms with Crippen LogP contribution in [0.2, 0.25) is 0 Å². The predicted molar refractivity (Wildman–Crippen MR) is 83.7 cm³/mol. The third-order valence-corrected chi connectivity index (χ3v) is 3.66. The van der Waals surface area contributed by atoms with E-state index in [2.05, 4.69) is 55.5 Å². The molecule has 0 fully saturated rings. The standard InChI is InChI=1S/C17H25N3/c1-13(2)11-15-5-7-16(8-6-15)17(18-4)12-20-14(3)9-10-19-20/h5-10,13,17-18H,11-12H2,1-4H3. The molecule has 20 heavy (non-hydrogen) atoms. The third-order valence-electron chi connectivity index (χ3n) is 3.66. The summed E-state index contributed by atoms with van der Waals surface area (Å²) in [6.07, 6.45) is 3.00. The third kappa shape index (κ3) is 3.70. The summed E-state index contributed by atoms with van der Waals surface area (Å²) in [5.74, 6) is 0.702. The lowest BCUT2D eigenvalue weighted by molar-refractivity contribution is 0.461. The predicted octanol–water partition coefficient (Wildman–Crippen LogP) is 3.35. The van der Waals surface area contributed by atoms with Crippen LogP contribution in [0.4, 0.5) is 0 Å². The van der Waals surface area contributed by atoms with Crippen molar-refractivity contribution in [2.24, 2.45) is 5.92 Å². The van der Waals surface area contributed by atoms with Crippen LogP contribution in [-0.2, 0) is 13.0 Å². The van der Waals surface area contributed by atoms with Gasteiger partial charge in [0.05, 0.1) is 12.6 Å². The Labute approximate surface area is 122 Å². The zero-order valence-electron chi connectivity index (χ0n) is 12.9. The largest absolute Gasteiger partial charge is 0.311 e. The van der Waals surface area contributed by atoms with E-state index in [0.29, 0.717) is 12.0 Å². The molecule has 0 aliphatic heterocycles. The van der Waals surface area contributed by atoms with E-state index in [9.17, 15) is 0 Å². The second-order valence-electron chi connectivity index (χ2n) is 5.84. The zero-order chi connectivity index (χ0) is 14.5. The normalized spacial score (nSPS) is 12.8. The molecule has 1 unspecified atom stereocenters. The first kappa shape index (κ1) is 14.8. The number of nitrogens with one attached hydrogen (secondary N) is 1. The zero-order valence-corrected chi connectivity index (χ0v) is 12.9. The first-order valence-electron chi connectivity index (χ1n) is 7.34. The van der Waals surface area contributed by atoms with Gasteiger partial charge in [0.2, 0.25) is 0 Å². The lowest BCUT2D eigenvalue weighted by Gasteiger charge is -2.18. The Bertz CT molecular complexity index is 525. The van der Waals surface area contributed by atoms with Crippen molar-refractivity contribution in [3.63, 3.8) is 0 Å². The van der Waals surface area contributed by atoms with Crippen molar-refractivity contribution >= 4 is 0 Å². The van der Waals surface area contributed by atoms with Crippen molar-refractivity contribution in [3.05, 3.63) is 53.3 Å². The summed E-state index contributed by atoms with van der Waals surface area (Å²) in [5, 5.41) is 7.75. The smallest absolute Gasteiger partial charge is 0.0607 e. The van der Waals surface area contributed by atoms with Crippen molar-refractivity contribution in [2.45, 2.75) is 39.8 Å². The summed E-state index contributed by atoms with van der Waals surface area (Å²) in [7, 11) is 2.01. The van der Waals surface area contributed by atoms with Gasteiger partial charge < -0.3 is 5.32 Å². The molecule has 0 spiro atoms. The van der Waals surface area contributed by atoms with E-state index in [1.807, 2.05) is 24.0 Å². The van der Waals surface area contributed by atoms with Gasteiger partial charge in [-0.05, 0) is 43.5 Å². The van der Waals surface area contributed by atoms with E-state index in [-0.39, 0.29) is 0 Å². The topological polar surface area (TPSA) is 29.9 Å². The Morgan fingerprint density at radius 2 is 1.85 bits per heavy atom. The van der Waals surface area contributed by atoms with Crippen molar-refractivity contribution in [3.8, 4) is 0 Å². The van der Waals surface area contributed by atoms with E-state index in [1.165, 1.54) is 16.8 Å². The van der Waals surface area contributed by atoms with Crippen LogP contribution in [0, 0.1) is 12.8 Å². The van der Waals surface area contributed by atoms with Crippen LogP contribution in [0.15, 0.2) is 36.5 Å². The fraction of sp³-hybridized carbons (Fsp3) is 0.471. The van der Waals surface area contributed by atoms with E-state index >= 15 is 0 Å². The number of likely N-dealkylation sites (N-methyl/N-ethyl adjacent to an activating group) is 1. The summed E-state index contributed by atoms with van der Waals surface area (Å²) >= 11 is 0. The lowest BCUT2D eigenvalue weighted by Crippen LogP contribution is -2.23. The van der Waals surface area contributed by atoms with Gasteiger partial charge in [0.25, 0.3) is 0 Å². The van der Waals surface area contributed by atoms with Crippen molar-refractivity contribution in [1.29, 1.82) is 0 Å². The Morgan fingerprint density at radius 3 is 2.35 bits per heavy atom. The number of nitrogens with zero attached hydrogens (tertiary/aromatic N) is 2. The van der Waals surface area contributed by atoms with Gasteiger partial charge in [-0.25, -0.2) is 0 Å². The summed E-state index contributed by atoms with van der Waals surface area (Å²) < 4.78 is 2.04. The fourth-order valence-electron chi connectivity index (χ4n) is 2.48. The number of benzene rings is 1. The van der Waals surface area contributed by atoms with E-state index in [4.69, 9.17) is 0 Å². The number of hydrogen-bond acceptors (Lipinski definition) is 2. The number of hydrogen-bond donors (Lipinski definition) is 1. The Balaban J connectivity index is 2.09. The maximum atomic E-state index is 4.36. The molecule has 1 heterocycles. The second-order valence-corrected chi connectivity index (χ2v) is 5.84. The molecule has 0 aliphatic rings. The van der Waals surface area contributed by atoms with Gasteiger partial charge in [0.15, 0.2) is 0 Å². The SMILES string of the molecule is CNC(Cn1nccc1C)c1ccc(CC(C)C)cc1. The minimum Gasteiger partial charge on any atom is -0.311 e. The quantitative estimate of drug-likeness (QED) is 0.873. The lowest BCUT2D eigenvalue weighted by atomic mass is 9.99. The van der Waals surface area contributed by atoms with Crippen molar-refractivity contribution < 1.29 is 0 Å². The molecule has 0 bridgehead atoms. The molecule has 0 saturated carbocycles. The minimum atomic E-state index is 0.293. The molecule has 1 aromatic heterocycles. The van der Waals surface area contributed by atoms with Crippen molar-refractivity contribution in [2.75, 3.05) is 7.05 Å². The van der Waals surface area contributed by atoms with Gasteiger partial charge in [-0.3, -0.25) is 4.68 Å². The van der Waals surface area contributed by atoms with Gasteiger partial charge in [0.1, 0.15) is 0 Å². The molecule has 1 N–H and O–H groups in total. The monoisotopic (exact) mass is 271 g/mol. The molecule has 3 nitrogen and oxygen atoms in total. The molecule has 1 atom stereocenters. The fourth-order valence-corrected chi connectivity index (χ4v) is 2.48.